The smallest absolute Gasteiger partial charge is 0.265 e. The van der Waals surface area contributed by atoms with Gasteiger partial charge in [0.25, 0.3) is 5.91 Å². The number of rotatable bonds is 5. The van der Waals surface area contributed by atoms with E-state index in [2.05, 4.69) is 15.6 Å². The largest absolute Gasteiger partial charge is 0.478 e. The Bertz CT molecular complexity index is 1200. The molecule has 0 aliphatic carbocycles. The molecule has 0 bridgehead atoms. The van der Waals surface area contributed by atoms with E-state index in [1.54, 1.807) is 25.3 Å². The molecule has 3 heterocycles. The molecular formula is C23H28N4O5S. The number of carbonyl (C=O) groups is 2. The van der Waals surface area contributed by atoms with E-state index in [0.717, 1.165) is 5.56 Å². The minimum Gasteiger partial charge on any atom is -0.478 e. The van der Waals surface area contributed by atoms with Crippen molar-refractivity contribution in [2.45, 2.75) is 51.0 Å². The van der Waals surface area contributed by atoms with Gasteiger partial charge in [0.05, 0.1) is 16.5 Å². The molecule has 1 aromatic heterocycles. The van der Waals surface area contributed by atoms with Crippen molar-refractivity contribution in [1.82, 2.24) is 9.29 Å². The number of pyridine rings is 1. The molecule has 1 saturated heterocycles. The monoisotopic (exact) mass is 472 g/mol. The van der Waals surface area contributed by atoms with Gasteiger partial charge in [-0.25, -0.2) is 13.4 Å². The van der Waals surface area contributed by atoms with Gasteiger partial charge in [0.1, 0.15) is 11.6 Å². The number of carbonyl (C=O) groups excluding carboxylic acids is 2. The highest BCUT2D eigenvalue weighted by Gasteiger charge is 2.36. The first-order chi connectivity index (χ1) is 15.7. The Morgan fingerprint density at radius 2 is 2.09 bits per heavy atom. The quantitative estimate of drug-likeness (QED) is 0.691. The van der Waals surface area contributed by atoms with Crippen molar-refractivity contribution in [3.05, 3.63) is 41.6 Å². The van der Waals surface area contributed by atoms with Crippen molar-refractivity contribution in [1.29, 1.82) is 0 Å². The van der Waals surface area contributed by atoms with E-state index in [9.17, 15) is 18.0 Å². The van der Waals surface area contributed by atoms with Crippen LogP contribution in [-0.4, -0.2) is 48.7 Å². The fourth-order valence-corrected chi connectivity index (χ4v) is 5.93. The molecule has 0 unspecified atom stereocenters. The number of nitrogens with zero attached hydrogens (tertiary/aromatic N) is 2. The molecule has 0 saturated carbocycles. The standard InChI is InChI=1S/C23H28N4O5S/c1-4-18-23(29)25-17-11-15(3)20(12-19(17)32-18)33(30,31)27-10-6-8-16(13-27)22(28)26-21-14(2)7-5-9-24-21/h5,7,9,11-12,16,18H,4,6,8,10,13H2,1-3H3,(H,25,29)(H,24,26,28)/t16-,18-/m0/s1. The topological polar surface area (TPSA) is 118 Å². The van der Waals surface area contributed by atoms with E-state index in [1.165, 1.54) is 10.4 Å². The zero-order valence-corrected chi connectivity index (χ0v) is 19.7. The Kier molecular flexibility index (Phi) is 6.40. The highest BCUT2D eigenvalue weighted by Crippen LogP contribution is 2.36. The Hall–Kier alpha value is -2.98. The number of benzene rings is 1. The van der Waals surface area contributed by atoms with Gasteiger partial charge in [0, 0.05) is 25.4 Å². The van der Waals surface area contributed by atoms with Gasteiger partial charge in [-0.2, -0.15) is 4.31 Å². The maximum atomic E-state index is 13.5. The molecule has 2 aliphatic heterocycles. The Morgan fingerprint density at radius 1 is 1.30 bits per heavy atom. The predicted octanol–water partition coefficient (Wildman–Crippen LogP) is 2.85. The third-order valence-corrected chi connectivity index (χ3v) is 8.10. The summed E-state index contributed by atoms with van der Waals surface area (Å²) in [6.45, 7) is 5.79. The van der Waals surface area contributed by atoms with Crippen LogP contribution in [0.5, 0.6) is 5.75 Å². The summed E-state index contributed by atoms with van der Waals surface area (Å²) >= 11 is 0. The number of sulfonamides is 1. The SMILES string of the molecule is CC[C@@H]1Oc2cc(S(=O)(=O)N3CCC[C@H](C(=O)Nc4ncccc4C)C3)c(C)cc2NC1=O. The van der Waals surface area contributed by atoms with Gasteiger partial charge in [-0.3, -0.25) is 9.59 Å². The van der Waals surface area contributed by atoms with E-state index in [-0.39, 0.29) is 23.3 Å². The van der Waals surface area contributed by atoms with E-state index >= 15 is 0 Å². The maximum absolute atomic E-state index is 13.5. The van der Waals surface area contributed by atoms with Crippen LogP contribution in [0.4, 0.5) is 11.5 Å². The predicted molar refractivity (Wildman–Crippen MR) is 124 cm³/mol. The third kappa shape index (κ3) is 4.58. The molecule has 2 aliphatic rings. The average Bonchev–Trinajstić information content (AvgIpc) is 2.79. The molecule has 10 heteroatoms. The van der Waals surface area contributed by atoms with Gasteiger partial charge < -0.3 is 15.4 Å². The molecule has 176 valence electrons. The second-order valence-corrected chi connectivity index (χ2v) is 10.4. The average molecular weight is 473 g/mol. The second kappa shape index (κ2) is 9.11. The number of hydrogen-bond acceptors (Lipinski definition) is 6. The number of fused-ring (bicyclic) bond motifs is 1. The fourth-order valence-electron chi connectivity index (χ4n) is 4.18. The van der Waals surface area contributed by atoms with Crippen molar-refractivity contribution in [3.8, 4) is 5.75 Å². The van der Waals surface area contributed by atoms with Crippen molar-refractivity contribution in [2.24, 2.45) is 5.92 Å². The maximum Gasteiger partial charge on any atom is 0.265 e. The molecule has 2 amide bonds. The zero-order chi connectivity index (χ0) is 23.8. The van der Waals surface area contributed by atoms with E-state index in [0.29, 0.717) is 48.6 Å². The first-order valence-corrected chi connectivity index (χ1v) is 12.5. The first-order valence-electron chi connectivity index (χ1n) is 11.1. The summed E-state index contributed by atoms with van der Waals surface area (Å²) in [6, 6.07) is 6.73. The van der Waals surface area contributed by atoms with E-state index < -0.39 is 22.0 Å². The van der Waals surface area contributed by atoms with Crippen LogP contribution in [0.3, 0.4) is 0 Å². The third-order valence-electron chi connectivity index (χ3n) is 6.09. The molecule has 2 aromatic rings. The number of piperidine rings is 1. The van der Waals surface area contributed by atoms with Gasteiger partial charge in [-0.15, -0.1) is 0 Å². The van der Waals surface area contributed by atoms with Crippen LogP contribution in [0.2, 0.25) is 0 Å². The van der Waals surface area contributed by atoms with Crippen molar-refractivity contribution >= 4 is 33.3 Å². The lowest BCUT2D eigenvalue weighted by Gasteiger charge is -2.32. The lowest BCUT2D eigenvalue weighted by molar-refractivity contribution is -0.123. The van der Waals surface area contributed by atoms with Crippen LogP contribution in [0.15, 0.2) is 35.4 Å². The number of aryl methyl sites for hydroxylation is 2. The van der Waals surface area contributed by atoms with Gasteiger partial charge in [0.2, 0.25) is 15.9 Å². The highest BCUT2D eigenvalue weighted by molar-refractivity contribution is 7.89. The summed E-state index contributed by atoms with van der Waals surface area (Å²) in [7, 11) is -3.87. The van der Waals surface area contributed by atoms with Crippen molar-refractivity contribution in [3.63, 3.8) is 0 Å². The highest BCUT2D eigenvalue weighted by atomic mass is 32.2. The summed E-state index contributed by atoms with van der Waals surface area (Å²) in [6.07, 6.45) is 2.59. The number of aromatic nitrogens is 1. The number of amides is 2. The summed E-state index contributed by atoms with van der Waals surface area (Å²) < 4.78 is 34.2. The summed E-state index contributed by atoms with van der Waals surface area (Å²) in [5, 5.41) is 5.61. The van der Waals surface area contributed by atoms with Crippen molar-refractivity contribution < 1.29 is 22.7 Å². The zero-order valence-electron chi connectivity index (χ0n) is 18.9. The second-order valence-electron chi connectivity index (χ2n) is 8.48. The molecule has 1 aromatic carbocycles. The molecule has 1 fully saturated rings. The molecular weight excluding hydrogens is 444 g/mol. The van der Waals surface area contributed by atoms with Crippen LogP contribution in [0, 0.1) is 19.8 Å². The normalized spacial score (nSPS) is 21.0. The molecule has 0 spiro atoms. The van der Waals surface area contributed by atoms with Crippen LogP contribution >= 0.6 is 0 Å². The molecule has 2 N–H and O–H groups in total. The first kappa shape index (κ1) is 23.2. The minimum absolute atomic E-state index is 0.0890. The molecule has 0 radical (unpaired) electrons. The summed E-state index contributed by atoms with van der Waals surface area (Å²) in [5.74, 6) is -0.142. The fraction of sp³-hybridized carbons (Fsp3) is 0.435. The van der Waals surface area contributed by atoms with Crippen LogP contribution in [0.25, 0.3) is 0 Å². The minimum atomic E-state index is -3.87. The Balaban J connectivity index is 1.55. The lowest BCUT2D eigenvalue weighted by atomic mass is 9.99. The summed E-state index contributed by atoms with van der Waals surface area (Å²) in [4.78, 5) is 29.2. The van der Waals surface area contributed by atoms with Crippen molar-refractivity contribution in [2.75, 3.05) is 23.7 Å². The van der Waals surface area contributed by atoms with Gasteiger partial charge in [-0.05, 0) is 56.4 Å². The Morgan fingerprint density at radius 3 is 2.82 bits per heavy atom. The van der Waals surface area contributed by atoms with Crippen LogP contribution in [0.1, 0.15) is 37.3 Å². The number of anilines is 2. The summed E-state index contributed by atoms with van der Waals surface area (Å²) in [5.41, 5.74) is 1.80. The van der Waals surface area contributed by atoms with Gasteiger partial charge in [0.15, 0.2) is 6.10 Å². The van der Waals surface area contributed by atoms with Gasteiger partial charge in [-0.1, -0.05) is 13.0 Å². The molecule has 9 nitrogen and oxygen atoms in total. The molecule has 2 atom stereocenters. The van der Waals surface area contributed by atoms with E-state index in [4.69, 9.17) is 4.74 Å². The van der Waals surface area contributed by atoms with Gasteiger partial charge >= 0.3 is 0 Å². The number of ether oxygens (including phenoxy) is 1. The molecule has 33 heavy (non-hydrogen) atoms. The van der Waals surface area contributed by atoms with Crippen LogP contribution in [-0.2, 0) is 19.6 Å². The van der Waals surface area contributed by atoms with E-state index in [1.807, 2.05) is 19.9 Å². The molecule has 4 rings (SSSR count). The Labute approximate surface area is 193 Å². The lowest BCUT2D eigenvalue weighted by Crippen LogP contribution is -2.44. The van der Waals surface area contributed by atoms with Crippen LogP contribution < -0.4 is 15.4 Å². The number of nitrogens with one attached hydrogen (secondary N) is 2. The number of hydrogen-bond donors (Lipinski definition) is 2.